The quantitative estimate of drug-likeness (QED) is 0.846. The fourth-order valence-electron chi connectivity index (χ4n) is 1.86. The number of aromatic nitrogens is 1. The van der Waals surface area contributed by atoms with E-state index < -0.39 is 0 Å². The molecule has 0 radical (unpaired) electrons. The lowest BCUT2D eigenvalue weighted by Crippen LogP contribution is -2.19. The molecule has 3 nitrogen and oxygen atoms in total. The van der Waals surface area contributed by atoms with E-state index in [1.54, 1.807) is 18.2 Å². The molecule has 0 atom stereocenters. The maximum absolute atomic E-state index is 12.8. The van der Waals surface area contributed by atoms with E-state index in [-0.39, 0.29) is 5.82 Å². The van der Waals surface area contributed by atoms with Gasteiger partial charge >= 0.3 is 0 Å². The summed E-state index contributed by atoms with van der Waals surface area (Å²) in [5.74, 6) is 0.393. The lowest BCUT2D eigenvalue weighted by molar-refractivity contribution is 0.627. The van der Waals surface area contributed by atoms with Crippen molar-refractivity contribution in [1.29, 1.82) is 5.26 Å². The molecular weight excluding hydrogens is 241 g/mol. The number of halogens is 1. The summed E-state index contributed by atoms with van der Waals surface area (Å²) >= 11 is 0. The van der Waals surface area contributed by atoms with Crippen LogP contribution in [0.2, 0.25) is 0 Å². The zero-order chi connectivity index (χ0) is 13.8. The highest BCUT2D eigenvalue weighted by atomic mass is 19.1. The van der Waals surface area contributed by atoms with Crippen molar-refractivity contribution in [3.05, 3.63) is 59.0 Å². The third kappa shape index (κ3) is 3.08. The average molecular weight is 255 g/mol. The number of anilines is 1. The van der Waals surface area contributed by atoms with Crippen LogP contribution >= 0.6 is 0 Å². The van der Waals surface area contributed by atoms with Crippen LogP contribution in [0.15, 0.2) is 36.4 Å². The Bertz CT molecular complexity index is 614. The topological polar surface area (TPSA) is 39.9 Å². The number of benzene rings is 1. The lowest BCUT2D eigenvalue weighted by atomic mass is 10.2. The van der Waals surface area contributed by atoms with Gasteiger partial charge in [-0.25, -0.2) is 9.37 Å². The van der Waals surface area contributed by atoms with Crippen LogP contribution in [-0.4, -0.2) is 12.0 Å². The minimum atomic E-state index is -0.252. The fourth-order valence-corrected chi connectivity index (χ4v) is 1.86. The van der Waals surface area contributed by atoms with E-state index in [4.69, 9.17) is 5.26 Å². The normalized spacial score (nSPS) is 10.0. The maximum atomic E-state index is 12.8. The Labute approximate surface area is 111 Å². The second kappa shape index (κ2) is 5.49. The van der Waals surface area contributed by atoms with Crippen molar-refractivity contribution >= 4 is 5.82 Å². The monoisotopic (exact) mass is 255 g/mol. The standard InChI is InChI=1S/C15H14FN3/c1-11-3-6-13(9-17)15(18-11)19(2)10-12-4-7-14(16)8-5-12/h3-8H,10H2,1-2H3. The van der Waals surface area contributed by atoms with Gasteiger partial charge in [0.05, 0.1) is 5.56 Å². The number of hydrogen-bond donors (Lipinski definition) is 0. The van der Waals surface area contributed by atoms with Gasteiger partial charge in [0.1, 0.15) is 17.7 Å². The van der Waals surface area contributed by atoms with Crippen LogP contribution in [0.25, 0.3) is 0 Å². The Balaban J connectivity index is 2.25. The molecule has 4 heteroatoms. The highest BCUT2D eigenvalue weighted by Gasteiger charge is 2.10. The van der Waals surface area contributed by atoms with Crippen molar-refractivity contribution in [3.63, 3.8) is 0 Å². The van der Waals surface area contributed by atoms with E-state index in [1.807, 2.05) is 24.9 Å². The molecule has 19 heavy (non-hydrogen) atoms. The van der Waals surface area contributed by atoms with Gasteiger partial charge in [-0.3, -0.25) is 0 Å². The number of nitriles is 1. The Morgan fingerprint density at radius 1 is 1.21 bits per heavy atom. The van der Waals surface area contributed by atoms with Crippen LogP contribution in [0.1, 0.15) is 16.8 Å². The molecule has 0 saturated carbocycles. The molecule has 2 rings (SSSR count). The second-order valence-electron chi connectivity index (χ2n) is 4.42. The highest BCUT2D eigenvalue weighted by molar-refractivity contribution is 5.54. The van der Waals surface area contributed by atoms with Gasteiger partial charge in [0.15, 0.2) is 0 Å². The summed E-state index contributed by atoms with van der Waals surface area (Å²) in [6.07, 6.45) is 0. The molecule has 1 aromatic heterocycles. The molecule has 96 valence electrons. The molecule has 1 heterocycles. The Morgan fingerprint density at radius 3 is 2.53 bits per heavy atom. The van der Waals surface area contributed by atoms with Gasteiger partial charge in [0.25, 0.3) is 0 Å². The third-order valence-electron chi connectivity index (χ3n) is 2.83. The molecule has 0 saturated heterocycles. The van der Waals surface area contributed by atoms with Crippen LogP contribution < -0.4 is 4.90 Å². The van der Waals surface area contributed by atoms with Gasteiger partial charge in [0.2, 0.25) is 0 Å². The van der Waals surface area contributed by atoms with E-state index in [2.05, 4.69) is 11.1 Å². The summed E-state index contributed by atoms with van der Waals surface area (Å²) in [5, 5.41) is 9.09. The number of aryl methyl sites for hydroxylation is 1. The zero-order valence-corrected chi connectivity index (χ0v) is 10.9. The zero-order valence-electron chi connectivity index (χ0n) is 10.9. The molecule has 0 bridgehead atoms. The van der Waals surface area contributed by atoms with Crippen LogP contribution in [0.4, 0.5) is 10.2 Å². The Kier molecular flexibility index (Phi) is 3.76. The van der Waals surface area contributed by atoms with E-state index in [0.29, 0.717) is 17.9 Å². The summed E-state index contributed by atoms with van der Waals surface area (Å²) in [6, 6.07) is 12.0. The average Bonchev–Trinajstić information content (AvgIpc) is 2.41. The van der Waals surface area contributed by atoms with Gasteiger partial charge in [-0.15, -0.1) is 0 Å². The number of rotatable bonds is 3. The Morgan fingerprint density at radius 2 is 1.89 bits per heavy atom. The maximum Gasteiger partial charge on any atom is 0.146 e. The van der Waals surface area contributed by atoms with Crippen molar-refractivity contribution in [2.24, 2.45) is 0 Å². The minimum Gasteiger partial charge on any atom is -0.354 e. The van der Waals surface area contributed by atoms with Gasteiger partial charge in [-0.05, 0) is 36.8 Å². The second-order valence-corrected chi connectivity index (χ2v) is 4.42. The SMILES string of the molecule is Cc1ccc(C#N)c(N(C)Cc2ccc(F)cc2)n1. The molecule has 0 fully saturated rings. The summed E-state index contributed by atoms with van der Waals surface area (Å²) in [5.41, 5.74) is 2.37. The van der Waals surface area contributed by atoms with Crippen LogP contribution in [0.5, 0.6) is 0 Å². The van der Waals surface area contributed by atoms with Crippen molar-refractivity contribution in [2.75, 3.05) is 11.9 Å². The molecule has 0 aliphatic rings. The molecule has 0 spiro atoms. The summed E-state index contributed by atoms with van der Waals surface area (Å²) in [4.78, 5) is 6.27. The van der Waals surface area contributed by atoms with Crippen molar-refractivity contribution < 1.29 is 4.39 Å². The molecular formula is C15H14FN3. The summed E-state index contributed by atoms with van der Waals surface area (Å²) < 4.78 is 12.8. The van der Waals surface area contributed by atoms with E-state index in [9.17, 15) is 4.39 Å². The third-order valence-corrected chi connectivity index (χ3v) is 2.83. The van der Waals surface area contributed by atoms with Crippen molar-refractivity contribution in [2.45, 2.75) is 13.5 Å². The van der Waals surface area contributed by atoms with Crippen molar-refractivity contribution in [1.82, 2.24) is 4.98 Å². The van der Waals surface area contributed by atoms with Crippen LogP contribution in [-0.2, 0) is 6.54 Å². The van der Waals surface area contributed by atoms with Gasteiger partial charge in [-0.1, -0.05) is 12.1 Å². The van der Waals surface area contributed by atoms with Crippen molar-refractivity contribution in [3.8, 4) is 6.07 Å². The Hall–Kier alpha value is -2.41. The lowest BCUT2D eigenvalue weighted by Gasteiger charge is -2.19. The highest BCUT2D eigenvalue weighted by Crippen LogP contribution is 2.18. The van der Waals surface area contributed by atoms with Crippen LogP contribution in [0.3, 0.4) is 0 Å². The first kappa shape index (κ1) is 13.0. The first-order chi connectivity index (χ1) is 9.10. The summed E-state index contributed by atoms with van der Waals surface area (Å²) in [6.45, 7) is 2.46. The molecule has 1 aromatic carbocycles. The fraction of sp³-hybridized carbons (Fsp3) is 0.200. The molecule has 0 aliphatic carbocycles. The predicted molar refractivity (Wildman–Crippen MR) is 72.2 cm³/mol. The largest absolute Gasteiger partial charge is 0.354 e. The van der Waals surface area contributed by atoms with Crippen LogP contribution in [0, 0.1) is 24.1 Å². The van der Waals surface area contributed by atoms with E-state index in [1.165, 1.54) is 12.1 Å². The molecule has 2 aromatic rings. The smallest absolute Gasteiger partial charge is 0.146 e. The van der Waals surface area contributed by atoms with E-state index >= 15 is 0 Å². The predicted octanol–water partition coefficient (Wildman–Crippen LogP) is 3.04. The van der Waals surface area contributed by atoms with Gasteiger partial charge in [0, 0.05) is 19.3 Å². The minimum absolute atomic E-state index is 0.252. The first-order valence-electron chi connectivity index (χ1n) is 5.93. The van der Waals surface area contributed by atoms with E-state index in [0.717, 1.165) is 11.3 Å². The molecule has 0 amide bonds. The first-order valence-corrected chi connectivity index (χ1v) is 5.93. The number of nitrogens with zero attached hydrogens (tertiary/aromatic N) is 3. The number of pyridine rings is 1. The molecule has 0 unspecified atom stereocenters. The molecule has 0 aliphatic heterocycles. The van der Waals surface area contributed by atoms with Gasteiger partial charge < -0.3 is 4.90 Å². The number of hydrogen-bond acceptors (Lipinski definition) is 3. The summed E-state index contributed by atoms with van der Waals surface area (Å²) in [7, 11) is 1.87. The van der Waals surface area contributed by atoms with Gasteiger partial charge in [-0.2, -0.15) is 5.26 Å². The molecule has 0 N–H and O–H groups in total.